The predicted molar refractivity (Wildman–Crippen MR) is 99.6 cm³/mol. The van der Waals surface area contributed by atoms with E-state index in [2.05, 4.69) is 5.32 Å². The largest absolute Gasteiger partial charge is 0.321 e. The van der Waals surface area contributed by atoms with Gasteiger partial charge in [0.15, 0.2) is 9.84 Å². The van der Waals surface area contributed by atoms with Crippen LogP contribution in [-0.4, -0.2) is 47.4 Å². The minimum absolute atomic E-state index is 0.0162. The van der Waals surface area contributed by atoms with Gasteiger partial charge in [0.05, 0.1) is 10.6 Å². The number of nitrogens with zero attached hydrogens (tertiary/aromatic N) is 1. The summed E-state index contributed by atoms with van der Waals surface area (Å²) >= 11 is 0. The Kier molecular flexibility index (Phi) is 5.55. The summed E-state index contributed by atoms with van der Waals surface area (Å²) in [5.41, 5.74) is 0.850. The fraction of sp³-hybridized carbons (Fsp3) is 0.235. The third kappa shape index (κ3) is 4.12. The highest BCUT2D eigenvalue weighted by Crippen LogP contribution is 2.24. The molecule has 1 amide bonds. The monoisotopic (exact) mass is 396 g/mol. The zero-order valence-electron chi connectivity index (χ0n) is 14.8. The molecule has 9 heteroatoms. The quantitative estimate of drug-likeness (QED) is 0.832. The number of nitrogens with one attached hydrogen (secondary N) is 1. The molecule has 2 aromatic rings. The summed E-state index contributed by atoms with van der Waals surface area (Å²) in [5, 5.41) is 2.57. The highest BCUT2D eigenvalue weighted by molar-refractivity contribution is 7.90. The minimum atomic E-state index is -3.75. The van der Waals surface area contributed by atoms with Gasteiger partial charge in [0.2, 0.25) is 10.0 Å². The molecule has 0 radical (unpaired) electrons. The maximum Gasteiger partial charge on any atom is 0.256 e. The predicted octanol–water partition coefficient (Wildman–Crippen LogP) is 1.90. The lowest BCUT2D eigenvalue weighted by Gasteiger charge is -2.16. The van der Waals surface area contributed by atoms with Crippen molar-refractivity contribution in [3.63, 3.8) is 0 Å². The molecule has 0 aliphatic heterocycles. The topological polar surface area (TPSA) is 101 Å². The van der Waals surface area contributed by atoms with Gasteiger partial charge in [-0.1, -0.05) is 18.2 Å². The molecule has 2 aromatic carbocycles. The summed E-state index contributed by atoms with van der Waals surface area (Å²) in [5.74, 6) is -0.589. The molecule has 0 unspecified atom stereocenters. The van der Waals surface area contributed by atoms with Crippen LogP contribution in [-0.2, 0) is 19.9 Å². The maximum absolute atomic E-state index is 12.6. The van der Waals surface area contributed by atoms with Crippen molar-refractivity contribution in [2.24, 2.45) is 0 Å². The number of hydrogen-bond donors (Lipinski definition) is 1. The Morgan fingerprint density at radius 2 is 1.62 bits per heavy atom. The van der Waals surface area contributed by atoms with Crippen LogP contribution in [0.15, 0.2) is 52.3 Å². The van der Waals surface area contributed by atoms with Crippen LogP contribution in [0, 0.1) is 6.92 Å². The van der Waals surface area contributed by atoms with Crippen molar-refractivity contribution in [1.29, 1.82) is 0 Å². The van der Waals surface area contributed by atoms with E-state index < -0.39 is 25.8 Å². The second kappa shape index (κ2) is 7.18. The Bertz CT molecular complexity index is 1060. The van der Waals surface area contributed by atoms with E-state index in [1.54, 1.807) is 19.1 Å². The Labute approximate surface area is 153 Å². The molecule has 0 aliphatic carbocycles. The second-order valence-corrected chi connectivity index (χ2v) is 10.1. The van der Waals surface area contributed by atoms with E-state index in [0.29, 0.717) is 5.56 Å². The maximum atomic E-state index is 12.6. The number of aryl methyl sites for hydroxylation is 1. The van der Waals surface area contributed by atoms with Gasteiger partial charge in [0, 0.05) is 25.9 Å². The number of hydrogen-bond acceptors (Lipinski definition) is 5. The summed E-state index contributed by atoms with van der Waals surface area (Å²) in [6.07, 6.45) is 1.05. The van der Waals surface area contributed by atoms with E-state index in [1.165, 1.54) is 44.4 Å². The molecule has 0 spiro atoms. The van der Waals surface area contributed by atoms with E-state index in [4.69, 9.17) is 0 Å². The first-order chi connectivity index (χ1) is 11.9. The number of carbonyl (C=O) groups excluding carboxylic acids is 1. The van der Waals surface area contributed by atoms with Crippen LogP contribution in [0.3, 0.4) is 0 Å². The third-order valence-corrected chi connectivity index (χ3v) is 6.76. The van der Waals surface area contributed by atoms with Crippen molar-refractivity contribution in [1.82, 2.24) is 4.31 Å². The fourth-order valence-corrected chi connectivity index (χ4v) is 3.95. The van der Waals surface area contributed by atoms with Crippen LogP contribution in [0.2, 0.25) is 0 Å². The summed E-state index contributed by atoms with van der Waals surface area (Å²) in [4.78, 5) is 12.6. The number of sulfonamides is 1. The van der Waals surface area contributed by atoms with Crippen LogP contribution in [0.4, 0.5) is 5.69 Å². The number of anilines is 1. The number of amides is 1. The molecule has 0 atom stereocenters. The van der Waals surface area contributed by atoms with Gasteiger partial charge in [-0.3, -0.25) is 4.79 Å². The van der Waals surface area contributed by atoms with Gasteiger partial charge < -0.3 is 5.32 Å². The van der Waals surface area contributed by atoms with Gasteiger partial charge in [-0.25, -0.2) is 21.1 Å². The first-order valence-corrected chi connectivity index (χ1v) is 10.9. The number of benzene rings is 2. The molecule has 2 rings (SSSR count). The first kappa shape index (κ1) is 20.1. The molecule has 0 aromatic heterocycles. The van der Waals surface area contributed by atoms with Gasteiger partial charge in [0.25, 0.3) is 5.91 Å². The van der Waals surface area contributed by atoms with Crippen LogP contribution < -0.4 is 5.32 Å². The van der Waals surface area contributed by atoms with E-state index in [0.717, 1.165) is 10.6 Å². The zero-order chi connectivity index (χ0) is 19.7. The molecule has 140 valence electrons. The van der Waals surface area contributed by atoms with Gasteiger partial charge >= 0.3 is 0 Å². The molecular weight excluding hydrogens is 376 g/mol. The van der Waals surface area contributed by atoms with Crippen molar-refractivity contribution in [3.05, 3.63) is 53.6 Å². The Hall–Kier alpha value is -2.23. The van der Waals surface area contributed by atoms with Crippen molar-refractivity contribution in [2.45, 2.75) is 16.7 Å². The Morgan fingerprint density at radius 1 is 1.00 bits per heavy atom. The molecule has 0 heterocycles. The summed E-state index contributed by atoms with van der Waals surface area (Å²) in [7, 11) is -4.43. The summed E-state index contributed by atoms with van der Waals surface area (Å²) < 4.78 is 49.3. The summed E-state index contributed by atoms with van der Waals surface area (Å²) in [6, 6.07) is 10.3. The zero-order valence-corrected chi connectivity index (χ0v) is 16.5. The number of para-hydroxylation sites is 1. The van der Waals surface area contributed by atoms with E-state index in [-0.39, 0.29) is 21.0 Å². The van der Waals surface area contributed by atoms with Crippen LogP contribution in [0.1, 0.15) is 15.9 Å². The van der Waals surface area contributed by atoms with Crippen LogP contribution in [0.5, 0.6) is 0 Å². The van der Waals surface area contributed by atoms with E-state index >= 15 is 0 Å². The van der Waals surface area contributed by atoms with Crippen LogP contribution >= 0.6 is 0 Å². The van der Waals surface area contributed by atoms with Gasteiger partial charge in [-0.05, 0) is 36.8 Å². The van der Waals surface area contributed by atoms with Crippen molar-refractivity contribution >= 4 is 31.5 Å². The minimum Gasteiger partial charge on any atom is -0.321 e. The van der Waals surface area contributed by atoms with E-state index in [9.17, 15) is 21.6 Å². The van der Waals surface area contributed by atoms with Gasteiger partial charge in [-0.2, -0.15) is 0 Å². The van der Waals surface area contributed by atoms with Gasteiger partial charge in [0.1, 0.15) is 4.90 Å². The lowest BCUT2D eigenvalue weighted by atomic mass is 10.1. The number of sulfone groups is 1. The molecule has 0 saturated heterocycles. The highest BCUT2D eigenvalue weighted by atomic mass is 32.2. The molecule has 1 N–H and O–H groups in total. The Morgan fingerprint density at radius 3 is 2.19 bits per heavy atom. The molecule has 0 bridgehead atoms. The van der Waals surface area contributed by atoms with Crippen molar-refractivity contribution in [2.75, 3.05) is 25.7 Å². The second-order valence-electron chi connectivity index (χ2n) is 5.99. The molecule has 7 nitrogen and oxygen atoms in total. The average Bonchev–Trinajstić information content (AvgIpc) is 2.54. The highest BCUT2D eigenvalue weighted by Gasteiger charge is 2.23. The normalized spacial score (nSPS) is 12.2. The number of rotatable bonds is 5. The standard InChI is InChI=1S/C17H20N2O5S2/c1-12-9-10-13(25(4,21)22)11-14(12)17(20)18-15-7-5-6-8-16(15)26(23,24)19(2)3/h5-11H,1-4H3,(H,18,20). The molecule has 0 saturated carbocycles. The van der Waals surface area contributed by atoms with Crippen molar-refractivity contribution in [3.8, 4) is 0 Å². The lowest BCUT2D eigenvalue weighted by Crippen LogP contribution is -2.24. The fourth-order valence-electron chi connectivity index (χ4n) is 2.26. The Balaban J connectivity index is 2.48. The molecular formula is C17H20N2O5S2. The third-order valence-electron chi connectivity index (χ3n) is 3.78. The molecule has 26 heavy (non-hydrogen) atoms. The average molecular weight is 396 g/mol. The number of carbonyl (C=O) groups is 1. The SMILES string of the molecule is Cc1ccc(S(C)(=O)=O)cc1C(=O)Nc1ccccc1S(=O)(=O)N(C)C. The lowest BCUT2D eigenvalue weighted by molar-refractivity contribution is 0.102. The first-order valence-electron chi connectivity index (χ1n) is 7.58. The van der Waals surface area contributed by atoms with Crippen LogP contribution in [0.25, 0.3) is 0 Å². The van der Waals surface area contributed by atoms with Crippen molar-refractivity contribution < 1.29 is 21.6 Å². The summed E-state index contributed by atoms with van der Waals surface area (Å²) in [6.45, 7) is 1.67. The van der Waals surface area contributed by atoms with Gasteiger partial charge in [-0.15, -0.1) is 0 Å². The smallest absolute Gasteiger partial charge is 0.256 e. The molecule has 0 aliphatic rings. The molecule has 0 fully saturated rings. The van der Waals surface area contributed by atoms with E-state index in [1.807, 2.05) is 0 Å².